The maximum Gasteiger partial charge on any atom is 0.173 e. The Hall–Kier alpha value is -2.40. The first-order chi connectivity index (χ1) is 8.31. The lowest BCUT2D eigenvalue weighted by Gasteiger charge is -1.98. The first-order valence-corrected chi connectivity index (χ1v) is 5.42. The molecule has 2 nitrogen and oxygen atoms in total. The van der Waals surface area contributed by atoms with Crippen LogP contribution in [-0.4, -0.2) is 0 Å². The monoisotopic (exact) mass is 221 g/mol. The van der Waals surface area contributed by atoms with Crippen molar-refractivity contribution >= 4 is 6.08 Å². The molecule has 0 amide bonds. The molecular weight excluding hydrogens is 208 g/mol. The molecule has 17 heavy (non-hydrogen) atoms. The van der Waals surface area contributed by atoms with Crippen LogP contribution in [0.4, 0.5) is 0 Å². The number of benzene rings is 1. The van der Waals surface area contributed by atoms with Gasteiger partial charge in [-0.05, 0) is 5.56 Å². The van der Waals surface area contributed by atoms with E-state index in [2.05, 4.69) is 24.8 Å². The van der Waals surface area contributed by atoms with Crippen LogP contribution < -0.4 is 4.57 Å². The van der Waals surface area contributed by atoms with Crippen molar-refractivity contribution in [3.05, 3.63) is 72.1 Å². The summed E-state index contributed by atoms with van der Waals surface area (Å²) < 4.78 is 2.05. The second-order valence-corrected chi connectivity index (χ2v) is 3.82. The average molecular weight is 221 g/mol. The molecule has 1 heterocycles. The second kappa shape index (κ2) is 5.09. The predicted octanol–water partition coefficient (Wildman–Crippen LogP) is 2.54. The lowest BCUT2D eigenvalue weighted by Crippen LogP contribution is -2.33. The van der Waals surface area contributed by atoms with E-state index in [9.17, 15) is 0 Å². The van der Waals surface area contributed by atoms with Gasteiger partial charge in [-0.2, -0.15) is 5.26 Å². The van der Waals surface area contributed by atoms with Gasteiger partial charge >= 0.3 is 0 Å². The van der Waals surface area contributed by atoms with Gasteiger partial charge in [0.1, 0.15) is 0 Å². The molecule has 0 saturated carbocycles. The summed E-state index contributed by atoms with van der Waals surface area (Å²) in [4.78, 5) is 0. The Morgan fingerprint density at radius 2 is 1.76 bits per heavy atom. The van der Waals surface area contributed by atoms with Crippen molar-refractivity contribution in [2.45, 2.75) is 6.54 Å². The molecule has 0 fully saturated rings. The Bertz CT molecular complexity index is 545. The van der Waals surface area contributed by atoms with Crippen LogP contribution in [0.2, 0.25) is 0 Å². The van der Waals surface area contributed by atoms with E-state index in [1.54, 1.807) is 0 Å². The topological polar surface area (TPSA) is 27.7 Å². The number of rotatable bonds is 3. The largest absolute Gasteiger partial charge is 0.201 e. The van der Waals surface area contributed by atoms with E-state index < -0.39 is 0 Å². The molecule has 0 atom stereocenters. The summed E-state index contributed by atoms with van der Waals surface area (Å²) in [5.41, 5.74) is 3.03. The van der Waals surface area contributed by atoms with Crippen molar-refractivity contribution in [2.24, 2.45) is 0 Å². The minimum atomic E-state index is 0.684. The first-order valence-electron chi connectivity index (χ1n) is 5.42. The number of hydrogen-bond donors (Lipinski definition) is 0. The Kier molecular flexibility index (Phi) is 3.32. The average Bonchev–Trinajstić information content (AvgIpc) is 2.40. The van der Waals surface area contributed by atoms with E-state index in [0.29, 0.717) is 5.56 Å². The van der Waals surface area contributed by atoms with Crippen LogP contribution in [0.5, 0.6) is 0 Å². The number of hydrogen-bond acceptors (Lipinski definition) is 1. The first kappa shape index (κ1) is 11.1. The van der Waals surface area contributed by atoms with Gasteiger partial charge in [0.05, 0.1) is 11.6 Å². The lowest BCUT2D eigenvalue weighted by molar-refractivity contribution is -0.688. The van der Waals surface area contributed by atoms with Crippen molar-refractivity contribution in [1.29, 1.82) is 5.26 Å². The van der Waals surface area contributed by atoms with Gasteiger partial charge in [0, 0.05) is 17.7 Å². The van der Waals surface area contributed by atoms with Crippen molar-refractivity contribution in [3.63, 3.8) is 0 Å². The Morgan fingerprint density at radius 3 is 2.29 bits per heavy atom. The van der Waals surface area contributed by atoms with E-state index in [1.165, 1.54) is 5.56 Å². The zero-order chi connectivity index (χ0) is 12.1. The summed E-state index contributed by atoms with van der Waals surface area (Å²) in [5, 5.41) is 8.71. The quantitative estimate of drug-likeness (QED) is 0.732. The van der Waals surface area contributed by atoms with Crippen molar-refractivity contribution in [2.75, 3.05) is 0 Å². The molecule has 0 unspecified atom stereocenters. The number of nitriles is 1. The molecule has 82 valence electrons. The van der Waals surface area contributed by atoms with Gasteiger partial charge < -0.3 is 0 Å². The summed E-state index contributed by atoms with van der Waals surface area (Å²) in [7, 11) is 0. The highest BCUT2D eigenvalue weighted by Gasteiger charge is 2.02. The molecule has 0 spiro atoms. The SMILES string of the molecule is C=Cc1ccc(C[n+]2ccc(C#N)cc2)cc1. The lowest BCUT2D eigenvalue weighted by atomic mass is 10.1. The second-order valence-electron chi connectivity index (χ2n) is 3.82. The number of nitrogens with zero attached hydrogens (tertiary/aromatic N) is 2. The number of aromatic nitrogens is 1. The molecule has 0 radical (unpaired) electrons. The molecule has 2 heteroatoms. The van der Waals surface area contributed by atoms with E-state index in [-0.39, 0.29) is 0 Å². The minimum absolute atomic E-state index is 0.684. The van der Waals surface area contributed by atoms with Gasteiger partial charge in [-0.15, -0.1) is 0 Å². The highest BCUT2D eigenvalue weighted by molar-refractivity contribution is 5.47. The zero-order valence-corrected chi connectivity index (χ0v) is 9.50. The Balaban J connectivity index is 2.14. The van der Waals surface area contributed by atoms with Crippen LogP contribution in [0, 0.1) is 11.3 Å². The molecule has 0 aliphatic rings. The Labute approximate surface area is 101 Å². The van der Waals surface area contributed by atoms with Crippen molar-refractivity contribution in [3.8, 4) is 6.07 Å². The smallest absolute Gasteiger partial charge is 0.173 e. The Morgan fingerprint density at radius 1 is 1.12 bits per heavy atom. The zero-order valence-electron chi connectivity index (χ0n) is 9.50. The van der Waals surface area contributed by atoms with Crippen LogP contribution in [0.3, 0.4) is 0 Å². The van der Waals surface area contributed by atoms with E-state index in [4.69, 9.17) is 5.26 Å². The summed E-state index contributed by atoms with van der Waals surface area (Å²) in [6.07, 6.45) is 5.67. The van der Waals surface area contributed by atoms with Crippen LogP contribution in [0.1, 0.15) is 16.7 Å². The number of pyridine rings is 1. The molecule has 0 saturated heterocycles. The minimum Gasteiger partial charge on any atom is -0.201 e. The molecule has 2 aromatic rings. The van der Waals surface area contributed by atoms with Crippen LogP contribution >= 0.6 is 0 Å². The summed E-state index contributed by atoms with van der Waals surface area (Å²) in [5.74, 6) is 0. The van der Waals surface area contributed by atoms with Gasteiger partial charge in [-0.3, -0.25) is 0 Å². The standard InChI is InChI=1S/C15H13N2/c1-2-13-3-5-15(6-4-13)12-17-9-7-14(11-16)8-10-17/h2-10H,1,12H2/q+1. The molecule has 0 bridgehead atoms. The van der Waals surface area contributed by atoms with Gasteiger partial charge in [0.2, 0.25) is 0 Å². The summed E-state index contributed by atoms with van der Waals surface area (Å²) >= 11 is 0. The molecule has 1 aromatic carbocycles. The van der Waals surface area contributed by atoms with Gasteiger partial charge in [0.15, 0.2) is 18.9 Å². The third-order valence-electron chi connectivity index (χ3n) is 2.60. The highest BCUT2D eigenvalue weighted by atomic mass is 14.9. The maximum absolute atomic E-state index is 8.71. The molecule has 2 rings (SSSR count). The van der Waals surface area contributed by atoms with E-state index in [0.717, 1.165) is 12.1 Å². The maximum atomic E-state index is 8.71. The normalized spacial score (nSPS) is 9.59. The highest BCUT2D eigenvalue weighted by Crippen LogP contribution is 2.05. The van der Waals surface area contributed by atoms with Crippen molar-refractivity contribution < 1.29 is 4.57 Å². The van der Waals surface area contributed by atoms with Crippen LogP contribution in [-0.2, 0) is 6.54 Å². The van der Waals surface area contributed by atoms with Crippen LogP contribution in [0.15, 0.2) is 55.4 Å². The summed E-state index contributed by atoms with van der Waals surface area (Å²) in [6.45, 7) is 4.54. The molecule has 0 aliphatic heterocycles. The van der Waals surface area contributed by atoms with E-state index in [1.807, 2.05) is 47.3 Å². The predicted molar refractivity (Wildman–Crippen MR) is 67.0 cm³/mol. The fraction of sp³-hybridized carbons (Fsp3) is 0.0667. The fourth-order valence-corrected chi connectivity index (χ4v) is 1.61. The van der Waals surface area contributed by atoms with Crippen LogP contribution in [0.25, 0.3) is 6.08 Å². The van der Waals surface area contributed by atoms with Crippen molar-refractivity contribution in [1.82, 2.24) is 0 Å². The summed E-state index contributed by atoms with van der Waals surface area (Å²) in [6, 6.07) is 14.0. The van der Waals surface area contributed by atoms with Gasteiger partial charge in [-0.25, -0.2) is 4.57 Å². The molecule has 1 aromatic heterocycles. The molecule has 0 aliphatic carbocycles. The van der Waals surface area contributed by atoms with Gasteiger partial charge in [0.25, 0.3) is 0 Å². The van der Waals surface area contributed by atoms with E-state index >= 15 is 0 Å². The van der Waals surface area contributed by atoms with Gasteiger partial charge in [-0.1, -0.05) is 36.9 Å². The third-order valence-corrected chi connectivity index (χ3v) is 2.60. The third kappa shape index (κ3) is 2.79. The fourth-order valence-electron chi connectivity index (χ4n) is 1.61. The molecule has 0 N–H and O–H groups in total. The molecular formula is C15H13N2+.